The quantitative estimate of drug-likeness (QED) is 0.418. The SMILES string of the molecule is COc1ccc(CN(C(=O)Cc2cccs2)C(C(=O)NC2CCCCC2)c2ccccc2F)cc1. The second-order valence-electron chi connectivity index (χ2n) is 8.89. The van der Waals surface area contributed by atoms with Crippen LogP contribution < -0.4 is 10.1 Å². The summed E-state index contributed by atoms with van der Waals surface area (Å²) in [6, 6.07) is 16.3. The van der Waals surface area contributed by atoms with Crippen molar-refractivity contribution in [3.8, 4) is 5.75 Å². The van der Waals surface area contributed by atoms with E-state index in [0.717, 1.165) is 42.5 Å². The molecule has 1 atom stereocenters. The van der Waals surface area contributed by atoms with Crippen molar-refractivity contribution in [3.63, 3.8) is 0 Å². The van der Waals surface area contributed by atoms with Crippen LogP contribution in [0.2, 0.25) is 0 Å². The summed E-state index contributed by atoms with van der Waals surface area (Å²) in [6.07, 6.45) is 5.22. The Labute approximate surface area is 209 Å². The van der Waals surface area contributed by atoms with Gasteiger partial charge in [-0.05, 0) is 48.1 Å². The van der Waals surface area contributed by atoms with Gasteiger partial charge >= 0.3 is 0 Å². The summed E-state index contributed by atoms with van der Waals surface area (Å²) in [4.78, 5) is 29.8. The zero-order valence-corrected chi connectivity index (χ0v) is 20.7. The van der Waals surface area contributed by atoms with Crippen LogP contribution in [-0.4, -0.2) is 29.9 Å². The molecule has 2 amide bonds. The van der Waals surface area contributed by atoms with Crippen LogP contribution in [0.5, 0.6) is 5.75 Å². The zero-order valence-electron chi connectivity index (χ0n) is 19.9. The van der Waals surface area contributed by atoms with E-state index in [9.17, 15) is 9.59 Å². The Morgan fingerprint density at radius 3 is 2.46 bits per heavy atom. The number of carbonyl (C=O) groups excluding carboxylic acids is 2. The Morgan fingerprint density at radius 1 is 1.06 bits per heavy atom. The summed E-state index contributed by atoms with van der Waals surface area (Å²) in [7, 11) is 1.59. The number of thiophene rings is 1. The average molecular weight is 495 g/mol. The molecule has 35 heavy (non-hydrogen) atoms. The Morgan fingerprint density at radius 2 is 1.80 bits per heavy atom. The second-order valence-corrected chi connectivity index (χ2v) is 9.93. The third kappa shape index (κ3) is 6.48. The van der Waals surface area contributed by atoms with Gasteiger partial charge in [-0.1, -0.05) is 55.7 Å². The minimum Gasteiger partial charge on any atom is -0.497 e. The maximum Gasteiger partial charge on any atom is 0.247 e. The van der Waals surface area contributed by atoms with Crippen LogP contribution in [-0.2, 0) is 22.6 Å². The molecule has 1 aliphatic carbocycles. The minimum absolute atomic E-state index is 0.0424. The van der Waals surface area contributed by atoms with Crippen molar-refractivity contribution < 1.29 is 18.7 Å². The van der Waals surface area contributed by atoms with E-state index in [1.807, 2.05) is 41.8 Å². The van der Waals surface area contributed by atoms with Crippen molar-refractivity contribution in [2.45, 2.75) is 57.2 Å². The first-order chi connectivity index (χ1) is 17.0. The van der Waals surface area contributed by atoms with Gasteiger partial charge < -0.3 is 15.0 Å². The lowest BCUT2D eigenvalue weighted by Gasteiger charge is -2.33. The summed E-state index contributed by atoms with van der Waals surface area (Å²) in [5.74, 6) is -0.365. The molecule has 1 aromatic heterocycles. The molecular formula is C28H31FN2O3S. The molecule has 4 rings (SSSR count). The number of hydrogen-bond acceptors (Lipinski definition) is 4. The molecule has 5 nitrogen and oxygen atoms in total. The number of rotatable bonds is 9. The Balaban J connectivity index is 1.70. The third-order valence-electron chi connectivity index (χ3n) is 6.45. The van der Waals surface area contributed by atoms with E-state index in [2.05, 4.69) is 5.32 Å². The lowest BCUT2D eigenvalue weighted by molar-refractivity contribution is -0.141. The molecule has 184 valence electrons. The molecule has 1 heterocycles. The molecule has 1 fully saturated rings. The molecule has 2 aromatic carbocycles. The second kappa shape index (κ2) is 12.0. The maximum atomic E-state index is 15.1. The largest absolute Gasteiger partial charge is 0.497 e. The van der Waals surface area contributed by atoms with Crippen molar-refractivity contribution >= 4 is 23.2 Å². The standard InChI is InChI=1S/C28H31FN2O3S/c1-34-22-15-13-20(14-16-22)19-31(26(32)18-23-10-7-17-35-23)27(24-11-5-6-12-25(24)29)28(33)30-21-8-3-2-4-9-21/h5-7,10-17,21,27H,2-4,8-9,18-19H2,1H3,(H,30,33). The average Bonchev–Trinajstić information content (AvgIpc) is 3.39. The number of ether oxygens (including phenoxy) is 1. The van der Waals surface area contributed by atoms with Gasteiger partial charge in [0.15, 0.2) is 0 Å². The highest BCUT2D eigenvalue weighted by Crippen LogP contribution is 2.29. The van der Waals surface area contributed by atoms with Crippen molar-refractivity contribution in [1.29, 1.82) is 0 Å². The monoisotopic (exact) mass is 494 g/mol. The highest BCUT2D eigenvalue weighted by Gasteiger charge is 2.34. The summed E-state index contributed by atoms with van der Waals surface area (Å²) in [5.41, 5.74) is 1.03. The number of carbonyl (C=O) groups is 2. The number of nitrogens with zero attached hydrogens (tertiary/aromatic N) is 1. The molecule has 0 bridgehead atoms. The van der Waals surface area contributed by atoms with Crippen LogP contribution in [0.3, 0.4) is 0 Å². The highest BCUT2D eigenvalue weighted by molar-refractivity contribution is 7.10. The van der Waals surface area contributed by atoms with Crippen LogP contribution in [0.25, 0.3) is 0 Å². The Hall–Kier alpha value is -3.19. The van der Waals surface area contributed by atoms with Gasteiger partial charge in [0.1, 0.15) is 17.6 Å². The van der Waals surface area contributed by atoms with Crippen molar-refractivity contribution in [3.05, 3.63) is 87.9 Å². The number of nitrogens with one attached hydrogen (secondary N) is 1. The smallest absolute Gasteiger partial charge is 0.247 e. The molecule has 3 aromatic rings. The van der Waals surface area contributed by atoms with Crippen molar-refractivity contribution in [2.75, 3.05) is 7.11 Å². The van der Waals surface area contributed by atoms with E-state index in [-0.39, 0.29) is 36.4 Å². The predicted molar refractivity (Wildman–Crippen MR) is 136 cm³/mol. The topological polar surface area (TPSA) is 58.6 Å². The van der Waals surface area contributed by atoms with E-state index in [1.165, 1.54) is 22.3 Å². The highest BCUT2D eigenvalue weighted by atomic mass is 32.1. The summed E-state index contributed by atoms with van der Waals surface area (Å²) >= 11 is 1.49. The van der Waals surface area contributed by atoms with Crippen LogP contribution in [0.4, 0.5) is 4.39 Å². The lowest BCUT2D eigenvalue weighted by Crippen LogP contribution is -2.47. The maximum absolute atomic E-state index is 15.1. The molecular weight excluding hydrogens is 463 g/mol. The van der Waals surface area contributed by atoms with Gasteiger partial charge in [0.2, 0.25) is 11.8 Å². The van der Waals surface area contributed by atoms with Crippen LogP contribution in [0.1, 0.15) is 54.1 Å². The molecule has 0 radical (unpaired) electrons. The Bertz CT molecular complexity index is 1110. The summed E-state index contributed by atoms with van der Waals surface area (Å²) < 4.78 is 20.3. The number of halogens is 1. The first-order valence-electron chi connectivity index (χ1n) is 12.0. The van der Waals surface area contributed by atoms with Crippen LogP contribution >= 0.6 is 11.3 Å². The van der Waals surface area contributed by atoms with Crippen LogP contribution in [0.15, 0.2) is 66.0 Å². The summed E-state index contributed by atoms with van der Waals surface area (Å²) in [5, 5.41) is 5.04. The molecule has 7 heteroatoms. The summed E-state index contributed by atoms with van der Waals surface area (Å²) in [6.45, 7) is 0.172. The molecule has 1 aliphatic rings. The first-order valence-corrected chi connectivity index (χ1v) is 12.9. The molecule has 0 saturated heterocycles. The van der Waals surface area contributed by atoms with Gasteiger partial charge in [-0.3, -0.25) is 9.59 Å². The fourth-order valence-electron chi connectivity index (χ4n) is 4.59. The number of amides is 2. The Kier molecular flexibility index (Phi) is 8.53. The molecule has 0 spiro atoms. The van der Waals surface area contributed by atoms with Gasteiger partial charge in [0.25, 0.3) is 0 Å². The molecule has 1 N–H and O–H groups in total. The zero-order chi connectivity index (χ0) is 24.6. The van der Waals surface area contributed by atoms with Crippen LogP contribution in [0, 0.1) is 5.82 Å². The van der Waals surface area contributed by atoms with E-state index < -0.39 is 11.9 Å². The van der Waals surface area contributed by atoms with E-state index >= 15 is 4.39 Å². The van der Waals surface area contributed by atoms with Gasteiger partial charge in [0.05, 0.1) is 13.5 Å². The van der Waals surface area contributed by atoms with E-state index in [0.29, 0.717) is 5.75 Å². The van der Waals surface area contributed by atoms with Gasteiger partial charge in [-0.15, -0.1) is 11.3 Å². The number of hydrogen-bond donors (Lipinski definition) is 1. The molecule has 0 aliphatic heterocycles. The van der Waals surface area contributed by atoms with Crippen molar-refractivity contribution in [2.24, 2.45) is 0 Å². The number of methoxy groups -OCH3 is 1. The molecule has 1 unspecified atom stereocenters. The van der Waals surface area contributed by atoms with E-state index in [1.54, 1.807) is 25.3 Å². The lowest BCUT2D eigenvalue weighted by atomic mass is 9.94. The normalized spacial score (nSPS) is 14.8. The van der Waals surface area contributed by atoms with Gasteiger partial charge in [-0.2, -0.15) is 0 Å². The van der Waals surface area contributed by atoms with E-state index in [4.69, 9.17) is 4.74 Å². The van der Waals surface area contributed by atoms with Crippen molar-refractivity contribution in [1.82, 2.24) is 10.2 Å². The fraction of sp³-hybridized carbons (Fsp3) is 0.357. The third-order valence-corrected chi connectivity index (χ3v) is 7.33. The van der Waals surface area contributed by atoms with Gasteiger partial charge in [0, 0.05) is 23.0 Å². The van der Waals surface area contributed by atoms with Gasteiger partial charge in [-0.25, -0.2) is 4.39 Å². The fourth-order valence-corrected chi connectivity index (χ4v) is 5.29. The molecule has 1 saturated carbocycles. The predicted octanol–water partition coefficient (Wildman–Crippen LogP) is 5.66. The minimum atomic E-state index is -1.08. The first kappa shape index (κ1) is 24.9. The number of benzene rings is 2.